The molecular formula is C15H16N4S. The van der Waals surface area contributed by atoms with Crippen molar-refractivity contribution in [3.05, 3.63) is 52.2 Å². The average molecular weight is 284 g/mol. The summed E-state index contributed by atoms with van der Waals surface area (Å²) < 4.78 is 4.03. The Morgan fingerprint density at radius 1 is 1.15 bits per heavy atom. The Morgan fingerprint density at radius 2 is 2.00 bits per heavy atom. The standard InChI is InChI=1S/C15H16N4S/c1-9-4-5-11-8-12(6-7-13(11)17-9)14(16-3)15-10(2)18-19-20-15/h4-8,14,16H,1-3H3. The minimum atomic E-state index is 0.126. The summed E-state index contributed by atoms with van der Waals surface area (Å²) in [4.78, 5) is 5.70. The lowest BCUT2D eigenvalue weighted by atomic mass is 10.0. The van der Waals surface area contributed by atoms with Crippen LogP contribution < -0.4 is 5.32 Å². The van der Waals surface area contributed by atoms with Gasteiger partial charge in [-0.3, -0.25) is 4.98 Å². The second-order valence-electron chi connectivity index (χ2n) is 4.85. The smallest absolute Gasteiger partial charge is 0.0776 e. The molecule has 102 valence electrons. The summed E-state index contributed by atoms with van der Waals surface area (Å²) in [5.41, 5.74) is 4.26. The van der Waals surface area contributed by atoms with Crippen LogP contribution in [0, 0.1) is 13.8 Å². The molecule has 5 heteroatoms. The van der Waals surface area contributed by atoms with E-state index < -0.39 is 0 Å². The van der Waals surface area contributed by atoms with E-state index in [1.54, 1.807) is 0 Å². The number of aromatic nitrogens is 3. The van der Waals surface area contributed by atoms with Crippen LogP contribution in [0.15, 0.2) is 30.3 Å². The number of benzene rings is 1. The van der Waals surface area contributed by atoms with Crippen molar-refractivity contribution < 1.29 is 0 Å². The van der Waals surface area contributed by atoms with Gasteiger partial charge in [0.2, 0.25) is 0 Å². The highest BCUT2D eigenvalue weighted by atomic mass is 32.1. The van der Waals surface area contributed by atoms with Crippen LogP contribution in [0.4, 0.5) is 0 Å². The Labute approximate surface area is 122 Å². The quantitative estimate of drug-likeness (QED) is 0.803. The molecule has 2 heterocycles. The number of rotatable bonds is 3. The zero-order chi connectivity index (χ0) is 14.1. The molecule has 0 saturated carbocycles. The Morgan fingerprint density at radius 3 is 2.70 bits per heavy atom. The summed E-state index contributed by atoms with van der Waals surface area (Å²) >= 11 is 1.45. The van der Waals surface area contributed by atoms with Gasteiger partial charge in [0.1, 0.15) is 0 Å². The van der Waals surface area contributed by atoms with Gasteiger partial charge < -0.3 is 5.32 Å². The first-order valence-electron chi connectivity index (χ1n) is 6.52. The highest BCUT2D eigenvalue weighted by Gasteiger charge is 2.17. The number of hydrogen-bond donors (Lipinski definition) is 1. The van der Waals surface area contributed by atoms with Crippen molar-refractivity contribution in [3.8, 4) is 0 Å². The van der Waals surface area contributed by atoms with Gasteiger partial charge in [0, 0.05) is 11.1 Å². The summed E-state index contributed by atoms with van der Waals surface area (Å²) in [5, 5.41) is 8.60. The van der Waals surface area contributed by atoms with Crippen LogP contribution in [0.2, 0.25) is 0 Å². The van der Waals surface area contributed by atoms with E-state index in [1.807, 2.05) is 27.0 Å². The van der Waals surface area contributed by atoms with Gasteiger partial charge in [0.05, 0.1) is 22.1 Å². The van der Waals surface area contributed by atoms with E-state index in [0.717, 1.165) is 27.2 Å². The van der Waals surface area contributed by atoms with Crippen LogP contribution in [0.5, 0.6) is 0 Å². The highest BCUT2D eigenvalue weighted by molar-refractivity contribution is 7.05. The zero-order valence-electron chi connectivity index (χ0n) is 11.7. The Bertz CT molecular complexity index is 750. The number of nitrogens with zero attached hydrogens (tertiary/aromatic N) is 3. The first kappa shape index (κ1) is 13.1. The van der Waals surface area contributed by atoms with E-state index in [1.165, 1.54) is 17.1 Å². The largest absolute Gasteiger partial charge is 0.309 e. The molecule has 3 aromatic rings. The SMILES string of the molecule is CNC(c1ccc2nc(C)ccc2c1)c1snnc1C. The second kappa shape index (κ2) is 5.26. The first-order valence-corrected chi connectivity index (χ1v) is 7.30. The van der Waals surface area contributed by atoms with E-state index in [4.69, 9.17) is 0 Å². The fraction of sp³-hybridized carbons (Fsp3) is 0.267. The lowest BCUT2D eigenvalue weighted by Gasteiger charge is -2.15. The molecule has 0 fully saturated rings. The van der Waals surface area contributed by atoms with Crippen LogP contribution in [-0.2, 0) is 0 Å². The van der Waals surface area contributed by atoms with Crippen LogP contribution in [0.3, 0.4) is 0 Å². The van der Waals surface area contributed by atoms with Crippen molar-refractivity contribution in [1.82, 2.24) is 19.9 Å². The zero-order valence-corrected chi connectivity index (χ0v) is 12.5. The molecule has 2 aromatic heterocycles. The van der Waals surface area contributed by atoms with Gasteiger partial charge in [-0.1, -0.05) is 16.6 Å². The maximum absolute atomic E-state index is 4.54. The maximum Gasteiger partial charge on any atom is 0.0776 e. The summed E-state index contributed by atoms with van der Waals surface area (Å²) in [6.07, 6.45) is 0. The molecule has 0 radical (unpaired) electrons. The van der Waals surface area contributed by atoms with Gasteiger partial charge in [-0.2, -0.15) is 0 Å². The van der Waals surface area contributed by atoms with Gasteiger partial charge in [0.15, 0.2) is 0 Å². The molecule has 20 heavy (non-hydrogen) atoms. The monoisotopic (exact) mass is 284 g/mol. The molecule has 4 nitrogen and oxygen atoms in total. The van der Waals surface area contributed by atoms with E-state index in [0.29, 0.717) is 0 Å². The van der Waals surface area contributed by atoms with Gasteiger partial charge in [-0.05, 0) is 56.2 Å². The maximum atomic E-state index is 4.54. The Balaban J connectivity index is 2.08. The van der Waals surface area contributed by atoms with Crippen molar-refractivity contribution >= 4 is 22.4 Å². The van der Waals surface area contributed by atoms with Gasteiger partial charge in [0.25, 0.3) is 0 Å². The topological polar surface area (TPSA) is 50.7 Å². The number of hydrogen-bond acceptors (Lipinski definition) is 5. The molecule has 0 spiro atoms. The summed E-state index contributed by atoms with van der Waals surface area (Å²) in [6.45, 7) is 4.01. The molecule has 1 N–H and O–H groups in total. The second-order valence-corrected chi connectivity index (χ2v) is 5.63. The normalized spacial score (nSPS) is 12.8. The number of aryl methyl sites for hydroxylation is 2. The molecule has 1 aromatic carbocycles. The third kappa shape index (κ3) is 2.30. The molecule has 0 saturated heterocycles. The van der Waals surface area contributed by atoms with Crippen molar-refractivity contribution in [3.63, 3.8) is 0 Å². The fourth-order valence-electron chi connectivity index (χ4n) is 2.38. The molecule has 1 unspecified atom stereocenters. The van der Waals surface area contributed by atoms with Gasteiger partial charge in [-0.25, -0.2) is 0 Å². The van der Waals surface area contributed by atoms with Crippen LogP contribution in [0.1, 0.15) is 27.9 Å². The summed E-state index contributed by atoms with van der Waals surface area (Å²) in [5.74, 6) is 0. The summed E-state index contributed by atoms with van der Waals surface area (Å²) in [7, 11) is 1.96. The van der Waals surface area contributed by atoms with Crippen molar-refractivity contribution in [2.75, 3.05) is 7.05 Å². The van der Waals surface area contributed by atoms with E-state index in [-0.39, 0.29) is 6.04 Å². The fourth-order valence-corrected chi connectivity index (χ4v) is 3.16. The molecule has 0 aliphatic heterocycles. The Kier molecular flexibility index (Phi) is 3.46. The van der Waals surface area contributed by atoms with E-state index >= 15 is 0 Å². The summed E-state index contributed by atoms with van der Waals surface area (Å²) in [6, 6.07) is 10.7. The molecule has 1 atom stereocenters. The molecule has 0 amide bonds. The minimum Gasteiger partial charge on any atom is -0.309 e. The van der Waals surface area contributed by atoms with E-state index in [2.05, 4.69) is 44.2 Å². The van der Waals surface area contributed by atoms with Crippen molar-refractivity contribution in [2.24, 2.45) is 0 Å². The lowest BCUT2D eigenvalue weighted by Crippen LogP contribution is -2.17. The number of fused-ring (bicyclic) bond motifs is 1. The third-order valence-electron chi connectivity index (χ3n) is 3.42. The lowest BCUT2D eigenvalue weighted by molar-refractivity contribution is 0.698. The first-order chi connectivity index (χ1) is 9.69. The average Bonchev–Trinajstić information content (AvgIpc) is 2.86. The minimum absolute atomic E-state index is 0.126. The van der Waals surface area contributed by atoms with Crippen LogP contribution in [-0.4, -0.2) is 21.6 Å². The molecule has 3 rings (SSSR count). The van der Waals surface area contributed by atoms with Crippen LogP contribution in [0.25, 0.3) is 10.9 Å². The molecule has 0 bridgehead atoms. The predicted molar refractivity (Wildman–Crippen MR) is 82.0 cm³/mol. The van der Waals surface area contributed by atoms with Crippen LogP contribution >= 0.6 is 11.5 Å². The van der Waals surface area contributed by atoms with Crippen molar-refractivity contribution in [1.29, 1.82) is 0 Å². The predicted octanol–water partition coefficient (Wildman–Crippen LogP) is 3.01. The van der Waals surface area contributed by atoms with Gasteiger partial charge in [-0.15, -0.1) is 5.10 Å². The Hall–Kier alpha value is -1.85. The number of pyridine rings is 1. The number of nitrogens with one attached hydrogen (secondary N) is 1. The molecular weight excluding hydrogens is 268 g/mol. The molecule has 0 aliphatic rings. The third-order valence-corrected chi connectivity index (χ3v) is 4.31. The highest BCUT2D eigenvalue weighted by Crippen LogP contribution is 2.28. The van der Waals surface area contributed by atoms with E-state index in [9.17, 15) is 0 Å². The van der Waals surface area contributed by atoms with Crippen molar-refractivity contribution in [2.45, 2.75) is 19.9 Å². The van der Waals surface area contributed by atoms with Gasteiger partial charge >= 0.3 is 0 Å². The molecule has 0 aliphatic carbocycles.